The molecule has 0 saturated heterocycles. The molecule has 26 heavy (non-hydrogen) atoms. The Morgan fingerprint density at radius 3 is 2.69 bits per heavy atom. The maximum absolute atomic E-state index is 13.3. The normalized spacial score (nSPS) is 21.8. The van der Waals surface area contributed by atoms with Gasteiger partial charge in [0.1, 0.15) is 5.75 Å². The summed E-state index contributed by atoms with van der Waals surface area (Å²) in [6.45, 7) is 5.19. The van der Waals surface area contributed by atoms with Crippen molar-refractivity contribution in [2.75, 3.05) is 26.9 Å². The van der Waals surface area contributed by atoms with E-state index in [2.05, 4.69) is 12.1 Å². The fourth-order valence-corrected chi connectivity index (χ4v) is 4.72. The maximum Gasteiger partial charge on any atom is 0.230 e. The number of rotatable bonds is 6. The lowest BCUT2D eigenvalue weighted by Gasteiger charge is -2.26. The second-order valence-electron chi connectivity index (χ2n) is 7.23. The third kappa shape index (κ3) is 3.26. The van der Waals surface area contributed by atoms with E-state index in [1.165, 1.54) is 16.7 Å². The number of hydrogen-bond donors (Lipinski definition) is 0. The summed E-state index contributed by atoms with van der Waals surface area (Å²) in [7, 11) is 1.66. The molecule has 1 aromatic rings. The van der Waals surface area contributed by atoms with Gasteiger partial charge in [-0.05, 0) is 68.4 Å². The van der Waals surface area contributed by atoms with Gasteiger partial charge in [-0.15, -0.1) is 0 Å². The fourth-order valence-electron chi connectivity index (χ4n) is 4.72. The van der Waals surface area contributed by atoms with Crippen molar-refractivity contribution in [1.29, 1.82) is 0 Å². The van der Waals surface area contributed by atoms with Crippen LogP contribution in [-0.4, -0.2) is 37.7 Å². The Balaban J connectivity index is 2.11. The number of carbonyl (C=O) groups is 1. The summed E-state index contributed by atoms with van der Waals surface area (Å²) >= 11 is 0. The topological polar surface area (TPSA) is 29.5 Å². The number of carbonyl (C=O) groups excluding carboxylic acids is 1. The first kappa shape index (κ1) is 18.9. The van der Waals surface area contributed by atoms with Gasteiger partial charge in [0.25, 0.3) is 0 Å². The maximum atomic E-state index is 13.3. The molecule has 0 spiro atoms. The van der Waals surface area contributed by atoms with Gasteiger partial charge in [0.05, 0.1) is 19.7 Å². The van der Waals surface area contributed by atoms with Gasteiger partial charge in [-0.25, -0.2) is 0 Å². The molecule has 3 nitrogen and oxygen atoms in total. The SMILES string of the molecule is CCN(CC)C(=O)C1CCCCC2=C1c1cc(OC)ccc1C2CC[18F]. The van der Waals surface area contributed by atoms with E-state index in [1.54, 1.807) is 7.11 Å². The van der Waals surface area contributed by atoms with Crippen LogP contribution in [0.4, 0.5) is 4.39 Å². The van der Waals surface area contributed by atoms with Gasteiger partial charge >= 0.3 is 0 Å². The molecule has 2 unspecified atom stereocenters. The molecule has 1 amide bonds. The van der Waals surface area contributed by atoms with E-state index in [0.717, 1.165) is 50.1 Å². The zero-order valence-corrected chi connectivity index (χ0v) is 16.2. The lowest BCUT2D eigenvalue weighted by Crippen LogP contribution is -2.36. The summed E-state index contributed by atoms with van der Waals surface area (Å²) in [6, 6.07) is 6.08. The predicted octanol–water partition coefficient (Wildman–Crippen LogP) is 4.96. The van der Waals surface area contributed by atoms with Crippen LogP contribution in [0.15, 0.2) is 23.8 Å². The molecular weight excluding hydrogens is 328 g/mol. The van der Waals surface area contributed by atoms with Crippen LogP contribution in [0, 0.1) is 5.92 Å². The van der Waals surface area contributed by atoms with Crippen molar-refractivity contribution in [3.05, 3.63) is 34.9 Å². The third-order valence-electron chi connectivity index (χ3n) is 6.00. The van der Waals surface area contributed by atoms with Crippen molar-refractivity contribution >= 4 is 11.5 Å². The second kappa shape index (κ2) is 8.24. The highest BCUT2D eigenvalue weighted by atomic mass is 18.2. The summed E-state index contributed by atoms with van der Waals surface area (Å²) in [6.07, 6.45) is 4.48. The minimum Gasteiger partial charge on any atom is -0.497 e. The standard InChI is InChI=1S/C22H30FNO2/c1-4-24(5-2)22(25)19-9-7-6-8-18-17(12-13-23)16-11-10-15(26-3)14-20(16)21(18)19/h10-11,14,17,19H,4-9,12-13H2,1-3H3/i23-1. The average molecular weight is 358 g/mol. The van der Waals surface area contributed by atoms with Gasteiger partial charge in [-0.2, -0.15) is 0 Å². The predicted molar refractivity (Wildman–Crippen MR) is 103 cm³/mol. The van der Waals surface area contributed by atoms with E-state index in [9.17, 15) is 9.18 Å². The number of halogens is 1. The Morgan fingerprint density at radius 2 is 2.04 bits per heavy atom. The van der Waals surface area contributed by atoms with E-state index in [1.807, 2.05) is 24.8 Å². The number of methoxy groups -OCH3 is 1. The van der Waals surface area contributed by atoms with E-state index in [4.69, 9.17) is 4.74 Å². The molecule has 0 saturated carbocycles. The lowest BCUT2D eigenvalue weighted by atomic mass is 9.88. The smallest absolute Gasteiger partial charge is 0.230 e. The number of fused-ring (bicyclic) bond motifs is 2. The summed E-state index contributed by atoms with van der Waals surface area (Å²) in [4.78, 5) is 15.2. The molecule has 142 valence electrons. The minimum absolute atomic E-state index is 0.108. The number of benzene rings is 1. The van der Waals surface area contributed by atoms with Gasteiger partial charge in [-0.1, -0.05) is 18.1 Å². The van der Waals surface area contributed by atoms with Crippen molar-refractivity contribution in [2.24, 2.45) is 5.92 Å². The molecule has 0 N–H and O–H groups in total. The molecule has 1 aromatic carbocycles. The summed E-state index contributed by atoms with van der Waals surface area (Å²) in [5, 5.41) is 0. The zero-order chi connectivity index (χ0) is 18.7. The molecule has 2 aliphatic carbocycles. The Labute approximate surface area is 156 Å². The number of hydrogen-bond acceptors (Lipinski definition) is 2. The summed E-state index contributed by atoms with van der Waals surface area (Å²) in [5.74, 6) is 1.03. The first-order valence-electron chi connectivity index (χ1n) is 9.92. The molecule has 0 heterocycles. The van der Waals surface area contributed by atoms with E-state index >= 15 is 0 Å². The number of nitrogens with zero attached hydrogens (tertiary/aromatic N) is 1. The van der Waals surface area contributed by atoms with Crippen LogP contribution in [0.25, 0.3) is 5.57 Å². The highest BCUT2D eigenvalue weighted by Gasteiger charge is 2.39. The molecule has 0 aliphatic heterocycles. The van der Waals surface area contributed by atoms with Crippen molar-refractivity contribution in [3.8, 4) is 5.75 Å². The summed E-state index contributed by atoms with van der Waals surface area (Å²) < 4.78 is 18.8. The van der Waals surface area contributed by atoms with E-state index < -0.39 is 0 Å². The first-order chi connectivity index (χ1) is 12.7. The van der Waals surface area contributed by atoms with Crippen molar-refractivity contribution in [3.63, 3.8) is 0 Å². The quantitative estimate of drug-likeness (QED) is 0.719. The number of allylic oxidation sites excluding steroid dienone is 1. The van der Waals surface area contributed by atoms with Crippen molar-refractivity contribution < 1.29 is 13.9 Å². The van der Waals surface area contributed by atoms with Gasteiger partial charge in [0, 0.05) is 19.0 Å². The highest BCUT2D eigenvalue weighted by Crippen LogP contribution is 2.52. The van der Waals surface area contributed by atoms with E-state index in [0.29, 0.717) is 6.42 Å². The van der Waals surface area contributed by atoms with Gasteiger partial charge in [-0.3, -0.25) is 9.18 Å². The van der Waals surface area contributed by atoms with Gasteiger partial charge < -0.3 is 9.64 Å². The van der Waals surface area contributed by atoms with Gasteiger partial charge in [0.2, 0.25) is 5.91 Å². The van der Waals surface area contributed by atoms with Crippen LogP contribution < -0.4 is 4.74 Å². The van der Waals surface area contributed by atoms with Gasteiger partial charge in [0.15, 0.2) is 0 Å². The van der Waals surface area contributed by atoms with Crippen LogP contribution in [0.3, 0.4) is 0 Å². The van der Waals surface area contributed by atoms with E-state index in [-0.39, 0.29) is 24.4 Å². The largest absolute Gasteiger partial charge is 0.497 e. The third-order valence-corrected chi connectivity index (χ3v) is 6.00. The lowest BCUT2D eigenvalue weighted by molar-refractivity contribution is -0.133. The monoisotopic (exact) mass is 358 g/mol. The molecular formula is C22H30FNO2. The van der Waals surface area contributed by atoms with Crippen molar-refractivity contribution in [1.82, 2.24) is 4.90 Å². The minimum atomic E-state index is -0.332. The first-order valence-corrected chi connectivity index (χ1v) is 9.92. The average Bonchev–Trinajstić information content (AvgIpc) is 2.82. The molecule has 2 atom stereocenters. The Bertz CT molecular complexity index is 693. The molecule has 0 radical (unpaired) electrons. The summed E-state index contributed by atoms with van der Waals surface area (Å²) in [5.41, 5.74) is 4.76. The second-order valence-corrected chi connectivity index (χ2v) is 7.23. The van der Waals surface area contributed by atoms with Crippen LogP contribution in [0.2, 0.25) is 0 Å². The number of ether oxygens (including phenoxy) is 1. The Morgan fingerprint density at radius 1 is 1.27 bits per heavy atom. The molecule has 0 bridgehead atoms. The van der Waals surface area contributed by atoms with Crippen molar-refractivity contribution in [2.45, 2.75) is 51.9 Å². The zero-order valence-electron chi connectivity index (χ0n) is 16.2. The molecule has 0 aromatic heterocycles. The van der Waals surface area contributed by atoms with Crippen LogP contribution in [0.5, 0.6) is 5.75 Å². The van der Waals surface area contributed by atoms with Crippen LogP contribution >= 0.6 is 0 Å². The molecule has 2 aliphatic rings. The molecule has 3 rings (SSSR count). The van der Waals surface area contributed by atoms with Crippen LogP contribution in [-0.2, 0) is 4.79 Å². The Kier molecular flexibility index (Phi) is 6.00. The van der Waals surface area contributed by atoms with Crippen LogP contribution in [0.1, 0.15) is 63.0 Å². The Hall–Kier alpha value is -1.84. The number of amides is 1. The number of alkyl halides is 1. The molecule has 4 heteroatoms. The molecule has 0 fully saturated rings. The highest BCUT2D eigenvalue weighted by molar-refractivity contribution is 5.96. The fraction of sp³-hybridized carbons (Fsp3) is 0.591.